The van der Waals surface area contributed by atoms with E-state index in [-0.39, 0.29) is 16.8 Å². The Balaban J connectivity index is 3.36. The van der Waals surface area contributed by atoms with Gasteiger partial charge in [0.25, 0.3) is 0 Å². The number of halogens is 1. The van der Waals surface area contributed by atoms with Crippen molar-refractivity contribution < 1.29 is 13.9 Å². The molecule has 0 unspecified atom stereocenters. The molecule has 0 amide bonds. The van der Waals surface area contributed by atoms with Gasteiger partial charge in [-0.2, -0.15) is 0 Å². The van der Waals surface area contributed by atoms with Crippen LogP contribution in [0.15, 0.2) is 13.7 Å². The third-order valence-corrected chi connectivity index (χ3v) is 2.88. The van der Waals surface area contributed by atoms with E-state index in [0.717, 1.165) is 0 Å². The molecule has 15 heavy (non-hydrogen) atoms. The normalized spacial score (nSPS) is 10.1. The average Bonchev–Trinajstić information content (AvgIpc) is 2.15. The Morgan fingerprint density at radius 1 is 1.47 bits per heavy atom. The number of ether oxygens (including phenoxy) is 1. The molecule has 4 nitrogen and oxygen atoms in total. The first kappa shape index (κ1) is 12.0. The van der Waals surface area contributed by atoms with E-state index in [2.05, 4.69) is 15.9 Å². The molecule has 5 heteroatoms. The molecule has 1 rings (SSSR count). The fraction of sp³-hybridized carbons (Fsp3) is 0.400. The zero-order chi connectivity index (χ0) is 11.6. The van der Waals surface area contributed by atoms with E-state index in [4.69, 9.17) is 9.15 Å². The van der Waals surface area contributed by atoms with Gasteiger partial charge in [-0.15, -0.1) is 0 Å². The maximum absolute atomic E-state index is 11.5. The second kappa shape index (κ2) is 4.61. The minimum Gasteiger partial charge on any atom is -0.462 e. The molecule has 0 aliphatic rings. The SMILES string of the molecule is CCOC(=O)c1c(C)oc(=O)c(Br)c1C. The molecular weight excluding hydrogens is 264 g/mol. The number of aryl methyl sites for hydroxylation is 1. The summed E-state index contributed by atoms with van der Waals surface area (Å²) >= 11 is 3.07. The van der Waals surface area contributed by atoms with E-state index in [1.807, 2.05) is 0 Å². The molecule has 0 N–H and O–H groups in total. The summed E-state index contributed by atoms with van der Waals surface area (Å²) < 4.78 is 10.0. The van der Waals surface area contributed by atoms with Crippen molar-refractivity contribution >= 4 is 21.9 Å². The summed E-state index contributed by atoms with van der Waals surface area (Å²) in [6.45, 7) is 5.23. The van der Waals surface area contributed by atoms with Crippen molar-refractivity contribution in [3.63, 3.8) is 0 Å². The fourth-order valence-electron chi connectivity index (χ4n) is 1.26. The van der Waals surface area contributed by atoms with Crippen LogP contribution in [0, 0.1) is 13.8 Å². The number of hydrogen-bond acceptors (Lipinski definition) is 4. The average molecular weight is 275 g/mol. The Hall–Kier alpha value is -1.10. The van der Waals surface area contributed by atoms with Gasteiger partial charge in [-0.1, -0.05) is 0 Å². The van der Waals surface area contributed by atoms with Crippen LogP contribution >= 0.6 is 15.9 Å². The van der Waals surface area contributed by atoms with Crippen molar-refractivity contribution in [2.45, 2.75) is 20.8 Å². The standard InChI is InChI=1S/C10H11BrO4/c1-4-14-9(12)7-5(2)8(11)10(13)15-6(7)3/h4H2,1-3H3. The van der Waals surface area contributed by atoms with Crippen LogP contribution in [0.5, 0.6) is 0 Å². The van der Waals surface area contributed by atoms with Crippen molar-refractivity contribution in [1.29, 1.82) is 0 Å². The molecule has 82 valence electrons. The largest absolute Gasteiger partial charge is 0.462 e. The quantitative estimate of drug-likeness (QED) is 0.776. The zero-order valence-corrected chi connectivity index (χ0v) is 10.3. The molecule has 0 bridgehead atoms. The lowest BCUT2D eigenvalue weighted by molar-refractivity contribution is 0.0520. The topological polar surface area (TPSA) is 56.5 Å². The molecule has 0 aromatic carbocycles. The third-order valence-electron chi connectivity index (χ3n) is 1.96. The van der Waals surface area contributed by atoms with Gasteiger partial charge in [0.05, 0.1) is 6.61 Å². The minimum atomic E-state index is -0.488. The number of carbonyl (C=O) groups excluding carboxylic acids is 1. The van der Waals surface area contributed by atoms with Crippen LogP contribution < -0.4 is 5.63 Å². The Morgan fingerprint density at radius 2 is 2.07 bits per heavy atom. The maximum Gasteiger partial charge on any atom is 0.350 e. The van der Waals surface area contributed by atoms with Crippen LogP contribution in [-0.4, -0.2) is 12.6 Å². The smallest absolute Gasteiger partial charge is 0.350 e. The Labute approximate surface area is 95.4 Å². The number of rotatable bonds is 2. The van der Waals surface area contributed by atoms with Crippen LogP contribution in [0.4, 0.5) is 0 Å². The van der Waals surface area contributed by atoms with Crippen LogP contribution in [-0.2, 0) is 4.74 Å². The molecule has 1 aromatic rings. The summed E-state index contributed by atoms with van der Waals surface area (Å²) in [6, 6.07) is 0. The van der Waals surface area contributed by atoms with E-state index in [1.54, 1.807) is 20.8 Å². The Bertz CT molecular complexity index is 447. The molecule has 1 heterocycles. The lowest BCUT2D eigenvalue weighted by Gasteiger charge is -2.08. The summed E-state index contributed by atoms with van der Waals surface area (Å²) in [4.78, 5) is 22.8. The number of carbonyl (C=O) groups is 1. The fourth-order valence-corrected chi connectivity index (χ4v) is 1.54. The molecular formula is C10H11BrO4. The molecule has 0 radical (unpaired) electrons. The first-order valence-corrected chi connectivity index (χ1v) is 5.25. The van der Waals surface area contributed by atoms with E-state index in [0.29, 0.717) is 11.1 Å². The second-order valence-electron chi connectivity index (χ2n) is 2.98. The van der Waals surface area contributed by atoms with E-state index in [1.165, 1.54) is 0 Å². The molecule has 0 aliphatic carbocycles. The van der Waals surface area contributed by atoms with Crippen molar-refractivity contribution in [1.82, 2.24) is 0 Å². The second-order valence-corrected chi connectivity index (χ2v) is 3.77. The first-order chi connectivity index (χ1) is 6.99. The van der Waals surface area contributed by atoms with E-state index in [9.17, 15) is 9.59 Å². The lowest BCUT2D eigenvalue weighted by Crippen LogP contribution is -2.14. The van der Waals surface area contributed by atoms with Gasteiger partial charge in [0.1, 0.15) is 15.8 Å². The van der Waals surface area contributed by atoms with E-state index < -0.39 is 11.6 Å². The van der Waals surface area contributed by atoms with Crippen LogP contribution in [0.3, 0.4) is 0 Å². The zero-order valence-electron chi connectivity index (χ0n) is 8.72. The predicted molar refractivity (Wildman–Crippen MR) is 58.1 cm³/mol. The van der Waals surface area contributed by atoms with Crippen molar-refractivity contribution in [3.05, 3.63) is 31.8 Å². The highest BCUT2D eigenvalue weighted by molar-refractivity contribution is 9.10. The van der Waals surface area contributed by atoms with Gasteiger partial charge in [0.2, 0.25) is 0 Å². The Morgan fingerprint density at radius 3 is 2.60 bits per heavy atom. The highest BCUT2D eigenvalue weighted by Gasteiger charge is 2.19. The van der Waals surface area contributed by atoms with E-state index >= 15 is 0 Å². The van der Waals surface area contributed by atoms with Gasteiger partial charge in [-0.05, 0) is 42.3 Å². The first-order valence-electron chi connectivity index (χ1n) is 4.46. The van der Waals surface area contributed by atoms with Crippen LogP contribution in [0.1, 0.15) is 28.6 Å². The minimum absolute atomic E-state index is 0.260. The van der Waals surface area contributed by atoms with Gasteiger partial charge < -0.3 is 9.15 Å². The molecule has 0 spiro atoms. The summed E-state index contributed by atoms with van der Waals surface area (Å²) in [6.07, 6.45) is 0. The number of hydrogen-bond donors (Lipinski definition) is 0. The monoisotopic (exact) mass is 274 g/mol. The molecule has 0 atom stereocenters. The molecule has 0 aliphatic heterocycles. The summed E-state index contributed by atoms with van der Waals surface area (Å²) in [5, 5.41) is 0. The number of esters is 1. The van der Waals surface area contributed by atoms with Gasteiger partial charge in [-0.25, -0.2) is 9.59 Å². The highest BCUT2D eigenvalue weighted by Crippen LogP contribution is 2.19. The van der Waals surface area contributed by atoms with Gasteiger partial charge in [0.15, 0.2) is 0 Å². The predicted octanol–water partition coefficient (Wildman–Crippen LogP) is 2.20. The third kappa shape index (κ3) is 2.28. The van der Waals surface area contributed by atoms with Crippen molar-refractivity contribution in [2.75, 3.05) is 6.61 Å². The highest BCUT2D eigenvalue weighted by atomic mass is 79.9. The summed E-state index contributed by atoms with van der Waals surface area (Å²) in [7, 11) is 0. The van der Waals surface area contributed by atoms with Crippen molar-refractivity contribution in [3.8, 4) is 0 Å². The maximum atomic E-state index is 11.5. The molecule has 0 saturated heterocycles. The molecule has 0 fully saturated rings. The van der Waals surface area contributed by atoms with Gasteiger partial charge in [-0.3, -0.25) is 0 Å². The Kier molecular flexibility index (Phi) is 3.68. The van der Waals surface area contributed by atoms with Crippen molar-refractivity contribution in [2.24, 2.45) is 0 Å². The van der Waals surface area contributed by atoms with Gasteiger partial charge >= 0.3 is 11.6 Å². The molecule has 1 aromatic heterocycles. The summed E-state index contributed by atoms with van der Waals surface area (Å²) in [5.74, 6) is -0.198. The van der Waals surface area contributed by atoms with Gasteiger partial charge in [0, 0.05) is 0 Å². The summed E-state index contributed by atoms with van der Waals surface area (Å²) in [5.41, 5.74) is 0.364. The van der Waals surface area contributed by atoms with Crippen LogP contribution in [0.25, 0.3) is 0 Å². The lowest BCUT2D eigenvalue weighted by atomic mass is 10.1. The van der Waals surface area contributed by atoms with Crippen LogP contribution in [0.2, 0.25) is 0 Å². The molecule has 0 saturated carbocycles.